The van der Waals surface area contributed by atoms with Crippen LogP contribution in [0.5, 0.6) is 0 Å². The van der Waals surface area contributed by atoms with Gasteiger partial charge in [-0.1, -0.05) is 15.9 Å². The molecule has 1 unspecified atom stereocenters. The van der Waals surface area contributed by atoms with Gasteiger partial charge in [0.1, 0.15) is 5.33 Å². The van der Waals surface area contributed by atoms with Crippen LogP contribution in [0.2, 0.25) is 0 Å². The molecule has 0 aromatic carbocycles. The molecule has 4 heteroatoms. The summed E-state index contributed by atoms with van der Waals surface area (Å²) in [7, 11) is 0. The summed E-state index contributed by atoms with van der Waals surface area (Å²) < 4.78 is 4.63. The first-order chi connectivity index (χ1) is 3.66. The highest BCUT2D eigenvalue weighted by atomic mass is 79.9. The van der Waals surface area contributed by atoms with Crippen molar-refractivity contribution in [1.29, 1.82) is 0 Å². The number of halogens is 2. The largest absolute Gasteiger partial charge is 0.450 e. The lowest BCUT2D eigenvalue weighted by Crippen LogP contribution is -2.09. The van der Waals surface area contributed by atoms with E-state index in [1.807, 2.05) is 0 Å². The molecule has 0 spiro atoms. The van der Waals surface area contributed by atoms with Crippen molar-refractivity contribution in [3.05, 3.63) is 0 Å². The van der Waals surface area contributed by atoms with Gasteiger partial charge >= 0.3 is 5.97 Å². The van der Waals surface area contributed by atoms with Crippen LogP contribution in [0.25, 0.3) is 0 Å². The lowest BCUT2D eigenvalue weighted by atomic mass is 10.8. The third-order valence-electron chi connectivity index (χ3n) is 0.403. The molecule has 0 radical (unpaired) electrons. The van der Waals surface area contributed by atoms with Gasteiger partial charge in [-0.05, 0) is 22.9 Å². The van der Waals surface area contributed by atoms with E-state index >= 15 is 0 Å². The van der Waals surface area contributed by atoms with Crippen LogP contribution >= 0.6 is 31.9 Å². The van der Waals surface area contributed by atoms with Crippen LogP contribution in [0, 0.1) is 0 Å². The summed E-state index contributed by atoms with van der Waals surface area (Å²) in [6, 6.07) is 0. The summed E-state index contributed by atoms with van der Waals surface area (Å²) in [5.41, 5.74) is 0. The Morgan fingerprint density at radius 2 is 2.38 bits per heavy atom. The van der Waals surface area contributed by atoms with E-state index in [2.05, 4.69) is 36.6 Å². The molecule has 1 atom stereocenters. The fraction of sp³-hybridized carbons (Fsp3) is 0.750. The highest BCUT2D eigenvalue weighted by Crippen LogP contribution is 2.00. The minimum atomic E-state index is -0.255. The Bertz CT molecular complexity index is 82.1. The highest BCUT2D eigenvalue weighted by Gasteiger charge is 2.01. The third kappa shape index (κ3) is 4.59. The van der Waals surface area contributed by atoms with Crippen LogP contribution in [0.4, 0.5) is 0 Å². The second kappa shape index (κ2) is 4.32. The molecular formula is C4H6Br2O2. The van der Waals surface area contributed by atoms with Gasteiger partial charge in [0.25, 0.3) is 0 Å². The Hall–Kier alpha value is 0.430. The van der Waals surface area contributed by atoms with E-state index in [1.165, 1.54) is 0 Å². The number of carbonyl (C=O) groups is 1. The smallest absolute Gasteiger partial charge is 0.317 e. The topological polar surface area (TPSA) is 26.3 Å². The molecule has 0 fully saturated rings. The lowest BCUT2D eigenvalue weighted by Gasteiger charge is -2.01. The van der Waals surface area contributed by atoms with Crippen molar-refractivity contribution < 1.29 is 9.53 Å². The fourth-order valence-electron chi connectivity index (χ4n) is 0.213. The zero-order valence-corrected chi connectivity index (χ0v) is 7.53. The maximum Gasteiger partial charge on any atom is 0.317 e. The number of ether oxygens (including phenoxy) is 1. The third-order valence-corrected chi connectivity index (χ3v) is 1.05. The van der Waals surface area contributed by atoms with Gasteiger partial charge in [0, 0.05) is 0 Å². The molecule has 0 aliphatic rings. The number of hydrogen-bond donors (Lipinski definition) is 0. The summed E-state index contributed by atoms with van der Waals surface area (Å²) in [4.78, 5) is 10.3. The van der Waals surface area contributed by atoms with Crippen molar-refractivity contribution in [3.63, 3.8) is 0 Å². The maximum atomic E-state index is 10.3. The first-order valence-electron chi connectivity index (χ1n) is 2.06. The Balaban J connectivity index is 3.25. The summed E-state index contributed by atoms with van der Waals surface area (Å²) in [5, 5.41) is 0.0655. The molecule has 0 amide bonds. The fourth-order valence-corrected chi connectivity index (χ4v) is 0.553. The van der Waals surface area contributed by atoms with Gasteiger partial charge in [-0.25, -0.2) is 0 Å². The van der Waals surface area contributed by atoms with Gasteiger partial charge in [-0.15, -0.1) is 0 Å². The molecule has 0 aliphatic carbocycles. The van der Waals surface area contributed by atoms with E-state index in [-0.39, 0.29) is 16.3 Å². The molecule has 0 aliphatic heterocycles. The Morgan fingerprint density at radius 1 is 1.88 bits per heavy atom. The second-order valence-electron chi connectivity index (χ2n) is 1.17. The Labute approximate surface area is 64.8 Å². The van der Waals surface area contributed by atoms with Crippen molar-refractivity contribution in [2.24, 2.45) is 0 Å². The van der Waals surface area contributed by atoms with E-state index in [0.29, 0.717) is 0 Å². The van der Waals surface area contributed by atoms with Crippen LogP contribution in [0.15, 0.2) is 0 Å². The quantitative estimate of drug-likeness (QED) is 0.547. The number of esters is 1. The van der Waals surface area contributed by atoms with Crippen molar-refractivity contribution in [2.45, 2.75) is 11.9 Å². The first-order valence-corrected chi connectivity index (χ1v) is 4.10. The van der Waals surface area contributed by atoms with Gasteiger partial charge in [0.05, 0.1) is 0 Å². The zero-order chi connectivity index (χ0) is 6.57. The van der Waals surface area contributed by atoms with E-state index in [4.69, 9.17) is 0 Å². The number of carbonyl (C=O) groups excluding carboxylic acids is 1. The summed E-state index contributed by atoms with van der Waals surface area (Å²) >= 11 is 6.00. The molecule has 0 rings (SSSR count). The van der Waals surface area contributed by atoms with Crippen LogP contribution in [-0.4, -0.2) is 16.3 Å². The van der Waals surface area contributed by atoms with Crippen molar-refractivity contribution in [2.75, 3.05) is 5.33 Å². The van der Waals surface area contributed by atoms with E-state index in [9.17, 15) is 4.79 Å². The molecular weight excluding hydrogens is 240 g/mol. The summed E-state index contributed by atoms with van der Waals surface area (Å²) in [6.07, 6.45) is 0. The van der Waals surface area contributed by atoms with Crippen molar-refractivity contribution >= 4 is 37.8 Å². The van der Waals surface area contributed by atoms with Crippen LogP contribution < -0.4 is 0 Å². The second-order valence-corrected chi connectivity index (χ2v) is 3.02. The van der Waals surface area contributed by atoms with Gasteiger partial charge in [0.2, 0.25) is 0 Å². The van der Waals surface area contributed by atoms with Gasteiger partial charge in [-0.2, -0.15) is 0 Å². The zero-order valence-electron chi connectivity index (χ0n) is 4.36. The Kier molecular flexibility index (Phi) is 4.56. The Morgan fingerprint density at radius 3 is 2.50 bits per heavy atom. The van der Waals surface area contributed by atoms with E-state index < -0.39 is 0 Å². The molecule has 48 valence electrons. The number of hydrogen-bond acceptors (Lipinski definition) is 2. The molecule has 2 nitrogen and oxygen atoms in total. The molecule has 0 aromatic heterocycles. The van der Waals surface area contributed by atoms with E-state index in [1.54, 1.807) is 6.92 Å². The van der Waals surface area contributed by atoms with Gasteiger partial charge < -0.3 is 4.74 Å². The molecule has 0 aromatic rings. The molecule has 0 saturated heterocycles. The monoisotopic (exact) mass is 244 g/mol. The molecule has 8 heavy (non-hydrogen) atoms. The molecule has 0 bridgehead atoms. The molecule has 0 saturated carbocycles. The van der Waals surface area contributed by atoms with Crippen LogP contribution in [-0.2, 0) is 9.53 Å². The predicted octanol–water partition coefficient (Wildman–Crippen LogP) is 1.67. The SMILES string of the molecule is CC(Br)OC(=O)CBr. The van der Waals surface area contributed by atoms with Crippen molar-refractivity contribution in [3.8, 4) is 0 Å². The summed E-state index contributed by atoms with van der Waals surface area (Å²) in [5.74, 6) is -0.255. The normalized spacial score (nSPS) is 12.9. The molecule has 0 heterocycles. The van der Waals surface area contributed by atoms with Gasteiger partial charge in [0.15, 0.2) is 5.01 Å². The molecule has 0 N–H and O–H groups in total. The predicted molar refractivity (Wildman–Crippen MR) is 38.3 cm³/mol. The standard InChI is InChI=1S/C4H6Br2O2/c1-3(6)8-4(7)2-5/h3H,2H2,1H3. The van der Waals surface area contributed by atoms with E-state index in [0.717, 1.165) is 0 Å². The average Bonchev–Trinajstić information content (AvgIpc) is 1.65. The minimum Gasteiger partial charge on any atom is -0.450 e. The maximum absolute atomic E-state index is 10.3. The highest BCUT2D eigenvalue weighted by molar-refractivity contribution is 9.09. The van der Waals surface area contributed by atoms with Crippen molar-refractivity contribution in [1.82, 2.24) is 0 Å². The minimum absolute atomic E-state index is 0.187. The summed E-state index contributed by atoms with van der Waals surface area (Å²) in [6.45, 7) is 1.74. The van der Waals surface area contributed by atoms with Gasteiger partial charge in [-0.3, -0.25) is 4.79 Å². The number of rotatable bonds is 2. The lowest BCUT2D eigenvalue weighted by molar-refractivity contribution is -0.140. The number of alkyl halides is 2. The first kappa shape index (κ1) is 8.43. The van der Waals surface area contributed by atoms with Crippen LogP contribution in [0.1, 0.15) is 6.92 Å². The van der Waals surface area contributed by atoms with Crippen LogP contribution in [0.3, 0.4) is 0 Å². The average molecular weight is 246 g/mol.